The molecule has 0 aliphatic carbocycles. The van der Waals surface area contributed by atoms with Crippen molar-refractivity contribution < 1.29 is 9.21 Å². The molecule has 33 heavy (non-hydrogen) atoms. The van der Waals surface area contributed by atoms with Gasteiger partial charge in [0.25, 0.3) is 5.91 Å². The van der Waals surface area contributed by atoms with Gasteiger partial charge in [0.15, 0.2) is 5.89 Å². The number of hydrogen-bond acceptors (Lipinski definition) is 6. The van der Waals surface area contributed by atoms with Crippen LogP contribution in [0.1, 0.15) is 46.5 Å². The predicted octanol–water partition coefficient (Wildman–Crippen LogP) is 4.79. The van der Waals surface area contributed by atoms with E-state index in [2.05, 4.69) is 19.9 Å². The van der Waals surface area contributed by atoms with Gasteiger partial charge in [0, 0.05) is 42.5 Å². The Kier molecular flexibility index (Phi) is 6.13. The quantitative estimate of drug-likeness (QED) is 0.426. The van der Waals surface area contributed by atoms with Crippen molar-refractivity contribution >= 4 is 17.5 Å². The molecule has 0 bridgehead atoms. The molecule has 1 fully saturated rings. The molecule has 0 N–H and O–H groups in total. The van der Waals surface area contributed by atoms with E-state index in [1.807, 2.05) is 41.3 Å². The number of carbonyl (C=O) groups excluding carboxylic acids is 1. The number of halogens is 1. The van der Waals surface area contributed by atoms with E-state index in [-0.39, 0.29) is 11.8 Å². The van der Waals surface area contributed by atoms with Crippen molar-refractivity contribution in [2.75, 3.05) is 13.1 Å². The summed E-state index contributed by atoms with van der Waals surface area (Å²) in [6.45, 7) is 1.24. The minimum Gasteiger partial charge on any atom is -0.445 e. The topological polar surface area (TPSA) is 85.0 Å². The molecular formula is C25H22ClN5O2. The maximum atomic E-state index is 13.2. The summed E-state index contributed by atoms with van der Waals surface area (Å²) in [6, 6.07) is 13.1. The van der Waals surface area contributed by atoms with E-state index in [0.29, 0.717) is 41.8 Å². The van der Waals surface area contributed by atoms with Gasteiger partial charge < -0.3 is 9.32 Å². The van der Waals surface area contributed by atoms with E-state index in [1.165, 1.54) is 6.33 Å². The Morgan fingerprint density at radius 2 is 1.97 bits per heavy atom. The summed E-state index contributed by atoms with van der Waals surface area (Å²) in [7, 11) is 0. The number of likely N-dealkylation sites (tertiary alicyclic amines) is 1. The maximum Gasteiger partial charge on any atom is 0.272 e. The minimum atomic E-state index is -0.0934. The lowest BCUT2D eigenvalue weighted by molar-refractivity contribution is 0.0692. The first kappa shape index (κ1) is 21.3. The standard InChI is InChI=1S/C25H22ClN5O2/c26-20-6-1-4-17(10-20)11-21-14-29-24(33-21)18-5-3-9-31(15-18)25(32)23-8-2-7-22(30-23)19-12-27-16-28-13-19/h1-2,4,6-8,10,12-14,16,18H,3,5,9,11,15H2. The van der Waals surface area contributed by atoms with Crippen molar-refractivity contribution in [3.05, 3.63) is 95.3 Å². The van der Waals surface area contributed by atoms with Crippen LogP contribution in [0.2, 0.25) is 5.02 Å². The molecule has 0 saturated carbocycles. The van der Waals surface area contributed by atoms with Gasteiger partial charge in [-0.1, -0.05) is 29.8 Å². The second kappa shape index (κ2) is 9.50. The van der Waals surface area contributed by atoms with Crippen LogP contribution >= 0.6 is 11.6 Å². The third kappa shape index (κ3) is 4.93. The SMILES string of the molecule is O=C(c1cccc(-c2cncnc2)n1)N1CCCC(c2ncc(Cc3cccc(Cl)c3)o2)C1. The Bertz CT molecular complexity index is 1260. The molecule has 1 saturated heterocycles. The summed E-state index contributed by atoms with van der Waals surface area (Å²) >= 11 is 6.08. The normalized spacial score (nSPS) is 16.0. The van der Waals surface area contributed by atoms with Gasteiger partial charge in [-0.3, -0.25) is 4.79 Å². The fourth-order valence-corrected chi connectivity index (χ4v) is 4.33. The van der Waals surface area contributed by atoms with Crippen LogP contribution in [0.4, 0.5) is 0 Å². The molecule has 1 atom stereocenters. The largest absolute Gasteiger partial charge is 0.445 e. The fourth-order valence-electron chi connectivity index (χ4n) is 4.11. The first-order chi connectivity index (χ1) is 16.2. The molecule has 166 valence electrons. The van der Waals surface area contributed by atoms with Gasteiger partial charge in [-0.15, -0.1) is 0 Å². The lowest BCUT2D eigenvalue weighted by Gasteiger charge is -2.31. The number of oxazole rings is 1. The highest BCUT2D eigenvalue weighted by atomic mass is 35.5. The predicted molar refractivity (Wildman–Crippen MR) is 124 cm³/mol. The Labute approximate surface area is 196 Å². The van der Waals surface area contributed by atoms with Gasteiger partial charge in [0.1, 0.15) is 17.8 Å². The molecule has 1 aliphatic rings. The second-order valence-electron chi connectivity index (χ2n) is 8.10. The van der Waals surface area contributed by atoms with Crippen LogP contribution in [0.5, 0.6) is 0 Å². The van der Waals surface area contributed by atoms with Crippen molar-refractivity contribution in [3.63, 3.8) is 0 Å². The second-order valence-corrected chi connectivity index (χ2v) is 8.53. The molecule has 0 radical (unpaired) electrons. The molecule has 3 aromatic heterocycles. The van der Waals surface area contributed by atoms with Crippen molar-refractivity contribution in [2.24, 2.45) is 0 Å². The number of piperidine rings is 1. The smallest absolute Gasteiger partial charge is 0.272 e. The highest BCUT2D eigenvalue weighted by Crippen LogP contribution is 2.28. The van der Waals surface area contributed by atoms with Crippen LogP contribution in [0.15, 0.2) is 71.8 Å². The average molecular weight is 460 g/mol. The molecule has 1 unspecified atom stereocenters. The highest BCUT2D eigenvalue weighted by Gasteiger charge is 2.29. The summed E-state index contributed by atoms with van der Waals surface area (Å²) < 4.78 is 6.06. The monoisotopic (exact) mass is 459 g/mol. The number of rotatable bonds is 5. The summed E-state index contributed by atoms with van der Waals surface area (Å²) in [5.41, 5.74) is 2.93. The van der Waals surface area contributed by atoms with Gasteiger partial charge in [-0.25, -0.2) is 19.9 Å². The first-order valence-electron chi connectivity index (χ1n) is 10.9. The molecule has 7 nitrogen and oxygen atoms in total. The zero-order valence-electron chi connectivity index (χ0n) is 17.9. The number of hydrogen-bond donors (Lipinski definition) is 0. The van der Waals surface area contributed by atoms with Crippen LogP contribution in [0, 0.1) is 0 Å². The van der Waals surface area contributed by atoms with Crippen molar-refractivity contribution in [2.45, 2.75) is 25.2 Å². The zero-order valence-corrected chi connectivity index (χ0v) is 18.7. The average Bonchev–Trinajstić information content (AvgIpc) is 3.33. The highest BCUT2D eigenvalue weighted by molar-refractivity contribution is 6.30. The molecule has 1 amide bonds. The lowest BCUT2D eigenvalue weighted by Crippen LogP contribution is -2.39. The number of benzene rings is 1. The zero-order chi connectivity index (χ0) is 22.6. The molecule has 0 spiro atoms. The van der Waals surface area contributed by atoms with Crippen LogP contribution in [-0.2, 0) is 6.42 Å². The number of pyridine rings is 1. The van der Waals surface area contributed by atoms with Crippen LogP contribution in [0.25, 0.3) is 11.3 Å². The van der Waals surface area contributed by atoms with Crippen LogP contribution < -0.4 is 0 Å². The van der Waals surface area contributed by atoms with Gasteiger partial charge in [-0.2, -0.15) is 0 Å². The van der Waals surface area contributed by atoms with Crippen molar-refractivity contribution in [1.82, 2.24) is 24.8 Å². The summed E-state index contributed by atoms with van der Waals surface area (Å²) in [5.74, 6) is 1.42. The minimum absolute atomic E-state index is 0.0570. The Morgan fingerprint density at radius 3 is 2.82 bits per heavy atom. The van der Waals surface area contributed by atoms with Gasteiger partial charge >= 0.3 is 0 Å². The number of nitrogens with zero attached hydrogens (tertiary/aromatic N) is 5. The van der Waals surface area contributed by atoms with Gasteiger partial charge in [-0.05, 0) is 42.7 Å². The number of amides is 1. The molecule has 8 heteroatoms. The van der Waals surface area contributed by atoms with Crippen molar-refractivity contribution in [1.29, 1.82) is 0 Å². The first-order valence-corrected chi connectivity index (χ1v) is 11.2. The van der Waals surface area contributed by atoms with Crippen LogP contribution in [-0.4, -0.2) is 43.8 Å². The molecular weight excluding hydrogens is 438 g/mol. The summed E-state index contributed by atoms with van der Waals surface area (Å²) in [4.78, 5) is 32.2. The third-order valence-electron chi connectivity index (χ3n) is 5.72. The van der Waals surface area contributed by atoms with Gasteiger partial charge in [0.2, 0.25) is 0 Å². The van der Waals surface area contributed by atoms with E-state index in [4.69, 9.17) is 16.0 Å². The van der Waals surface area contributed by atoms with Crippen LogP contribution in [0.3, 0.4) is 0 Å². The molecule has 5 rings (SSSR count). The molecule has 1 aliphatic heterocycles. The van der Waals surface area contributed by atoms with E-state index in [1.54, 1.807) is 24.7 Å². The van der Waals surface area contributed by atoms with Crippen molar-refractivity contribution in [3.8, 4) is 11.3 Å². The van der Waals surface area contributed by atoms with Gasteiger partial charge in [0.05, 0.1) is 17.8 Å². The van der Waals surface area contributed by atoms with E-state index in [0.717, 1.165) is 29.7 Å². The third-order valence-corrected chi connectivity index (χ3v) is 5.96. The molecule has 1 aromatic carbocycles. The molecule has 4 aromatic rings. The maximum absolute atomic E-state index is 13.2. The Hall–Kier alpha value is -3.58. The Balaban J connectivity index is 1.28. The van der Waals surface area contributed by atoms with E-state index < -0.39 is 0 Å². The molecule has 4 heterocycles. The van der Waals surface area contributed by atoms with E-state index >= 15 is 0 Å². The van der Waals surface area contributed by atoms with E-state index in [9.17, 15) is 4.79 Å². The number of aromatic nitrogens is 4. The lowest BCUT2D eigenvalue weighted by atomic mass is 9.97. The fraction of sp³-hybridized carbons (Fsp3) is 0.240. The number of carbonyl (C=O) groups is 1. The Morgan fingerprint density at radius 1 is 1.12 bits per heavy atom. The summed E-state index contributed by atoms with van der Waals surface area (Å²) in [6.07, 6.45) is 9.04. The summed E-state index contributed by atoms with van der Waals surface area (Å²) in [5, 5.41) is 0.700.